The highest BCUT2D eigenvalue weighted by molar-refractivity contribution is 7.80. The topological polar surface area (TPSA) is 76.1 Å². The third kappa shape index (κ3) is 5.48. The number of ether oxygens (including phenoxy) is 1. The van der Waals surface area contributed by atoms with Gasteiger partial charge in [-0.05, 0) is 62.0 Å². The number of nitrogens with zero attached hydrogens (tertiary/aromatic N) is 2. The van der Waals surface area contributed by atoms with E-state index in [0.29, 0.717) is 27.3 Å². The fraction of sp³-hybridized carbons (Fsp3) is 0.158. The van der Waals surface area contributed by atoms with Gasteiger partial charge >= 0.3 is 0 Å². The van der Waals surface area contributed by atoms with E-state index in [1.807, 2.05) is 26.0 Å². The fourth-order valence-corrected chi connectivity index (χ4v) is 3.41. The van der Waals surface area contributed by atoms with E-state index >= 15 is 0 Å². The second-order valence-electron chi connectivity index (χ2n) is 5.97. The molecule has 1 amide bonds. The molecule has 0 aliphatic rings. The number of halogens is 1. The Bertz CT molecular complexity index is 1010. The average molecular weight is 433 g/mol. The van der Waals surface area contributed by atoms with Crippen molar-refractivity contribution in [1.82, 2.24) is 15.5 Å². The lowest BCUT2D eigenvalue weighted by Gasteiger charge is -2.08. The summed E-state index contributed by atoms with van der Waals surface area (Å²) in [6.07, 6.45) is 0. The Hall–Kier alpha value is -2.55. The molecule has 0 atom stereocenters. The second kappa shape index (κ2) is 9.09. The number of aryl methyl sites for hydroxylation is 2. The number of carbonyl (C=O) groups is 1. The lowest BCUT2D eigenvalue weighted by Crippen LogP contribution is -2.34. The Morgan fingerprint density at radius 1 is 1.18 bits per heavy atom. The molecule has 6 nitrogen and oxygen atoms in total. The fourth-order valence-electron chi connectivity index (χ4n) is 2.37. The van der Waals surface area contributed by atoms with Gasteiger partial charge in [0, 0.05) is 10.6 Å². The number of hydrogen-bond donors (Lipinski definition) is 2. The number of amides is 1. The van der Waals surface area contributed by atoms with Crippen molar-refractivity contribution in [2.24, 2.45) is 0 Å². The molecule has 2 aromatic carbocycles. The van der Waals surface area contributed by atoms with Gasteiger partial charge in [-0.3, -0.25) is 10.1 Å². The number of anilines is 1. The van der Waals surface area contributed by atoms with Crippen LogP contribution in [0.5, 0.6) is 5.75 Å². The van der Waals surface area contributed by atoms with Gasteiger partial charge in [0.2, 0.25) is 5.13 Å². The molecular formula is C19H17ClN4O2S2. The van der Waals surface area contributed by atoms with Crippen LogP contribution in [0.15, 0.2) is 42.5 Å². The summed E-state index contributed by atoms with van der Waals surface area (Å²) in [5.74, 6) is 0.471. The molecule has 0 saturated heterocycles. The lowest BCUT2D eigenvalue weighted by atomic mass is 10.1. The first-order valence-electron chi connectivity index (χ1n) is 8.31. The monoisotopic (exact) mass is 432 g/mol. The van der Waals surface area contributed by atoms with Crippen molar-refractivity contribution in [1.29, 1.82) is 0 Å². The molecular weight excluding hydrogens is 416 g/mol. The Balaban J connectivity index is 1.52. The van der Waals surface area contributed by atoms with E-state index in [1.165, 1.54) is 16.9 Å². The molecule has 2 N–H and O–H groups in total. The van der Waals surface area contributed by atoms with Crippen LogP contribution in [0.1, 0.15) is 26.5 Å². The summed E-state index contributed by atoms with van der Waals surface area (Å²) in [6, 6.07) is 12.5. The van der Waals surface area contributed by atoms with Crippen LogP contribution >= 0.6 is 35.2 Å². The molecule has 3 rings (SSSR count). The normalized spacial score (nSPS) is 10.4. The van der Waals surface area contributed by atoms with Gasteiger partial charge in [0.1, 0.15) is 12.4 Å². The molecule has 0 fully saturated rings. The van der Waals surface area contributed by atoms with Crippen molar-refractivity contribution in [3.05, 3.63) is 69.2 Å². The van der Waals surface area contributed by atoms with E-state index in [1.54, 1.807) is 24.3 Å². The van der Waals surface area contributed by atoms with Gasteiger partial charge in [0.05, 0.1) is 0 Å². The van der Waals surface area contributed by atoms with E-state index in [4.69, 9.17) is 28.6 Å². The van der Waals surface area contributed by atoms with Crippen molar-refractivity contribution < 1.29 is 9.53 Å². The SMILES string of the molecule is Cc1ccc(OCc2nnc(NC(=S)NC(=O)c3ccc(Cl)cc3)s2)c(C)c1. The zero-order valence-electron chi connectivity index (χ0n) is 15.2. The van der Waals surface area contributed by atoms with Crippen LogP contribution in [0.4, 0.5) is 5.13 Å². The van der Waals surface area contributed by atoms with Crippen LogP contribution in [-0.4, -0.2) is 21.2 Å². The maximum atomic E-state index is 12.1. The van der Waals surface area contributed by atoms with Gasteiger partial charge in [0.25, 0.3) is 5.91 Å². The summed E-state index contributed by atoms with van der Waals surface area (Å²) >= 11 is 12.3. The van der Waals surface area contributed by atoms with Gasteiger partial charge in [-0.2, -0.15) is 0 Å². The quantitative estimate of drug-likeness (QED) is 0.577. The largest absolute Gasteiger partial charge is 0.486 e. The first kappa shape index (κ1) is 20.2. The number of nitrogens with one attached hydrogen (secondary N) is 2. The molecule has 0 aliphatic carbocycles. The summed E-state index contributed by atoms with van der Waals surface area (Å²) in [5, 5.41) is 15.4. The summed E-state index contributed by atoms with van der Waals surface area (Å²) in [7, 11) is 0. The first-order chi connectivity index (χ1) is 13.4. The molecule has 3 aromatic rings. The minimum Gasteiger partial charge on any atom is -0.486 e. The molecule has 28 heavy (non-hydrogen) atoms. The maximum Gasteiger partial charge on any atom is 0.257 e. The van der Waals surface area contributed by atoms with E-state index in [-0.39, 0.29) is 11.0 Å². The Morgan fingerprint density at radius 2 is 1.93 bits per heavy atom. The number of rotatable bonds is 5. The molecule has 0 saturated carbocycles. The Labute approximate surface area is 176 Å². The molecule has 0 radical (unpaired) electrons. The van der Waals surface area contributed by atoms with Crippen molar-refractivity contribution in [2.45, 2.75) is 20.5 Å². The predicted molar refractivity (Wildman–Crippen MR) is 115 cm³/mol. The van der Waals surface area contributed by atoms with Crippen LogP contribution in [0.3, 0.4) is 0 Å². The highest BCUT2D eigenvalue weighted by atomic mass is 35.5. The van der Waals surface area contributed by atoms with E-state index < -0.39 is 0 Å². The van der Waals surface area contributed by atoms with Crippen LogP contribution in [0.25, 0.3) is 0 Å². The summed E-state index contributed by atoms with van der Waals surface area (Å²) in [4.78, 5) is 12.1. The smallest absolute Gasteiger partial charge is 0.257 e. The van der Waals surface area contributed by atoms with Gasteiger partial charge in [0.15, 0.2) is 10.1 Å². The Morgan fingerprint density at radius 3 is 2.64 bits per heavy atom. The van der Waals surface area contributed by atoms with Crippen LogP contribution < -0.4 is 15.4 Å². The van der Waals surface area contributed by atoms with Crippen LogP contribution in [0.2, 0.25) is 5.02 Å². The molecule has 9 heteroatoms. The zero-order chi connectivity index (χ0) is 20.1. The van der Waals surface area contributed by atoms with Gasteiger partial charge in [-0.1, -0.05) is 40.6 Å². The number of thiocarbonyl (C=S) groups is 1. The summed E-state index contributed by atoms with van der Waals surface area (Å²) in [5.41, 5.74) is 2.70. The zero-order valence-corrected chi connectivity index (χ0v) is 17.5. The highest BCUT2D eigenvalue weighted by Crippen LogP contribution is 2.22. The predicted octanol–water partition coefficient (Wildman–Crippen LogP) is 4.51. The van der Waals surface area contributed by atoms with Crippen LogP contribution in [0, 0.1) is 13.8 Å². The molecule has 1 aromatic heterocycles. The van der Waals surface area contributed by atoms with Crippen LogP contribution in [-0.2, 0) is 6.61 Å². The maximum absolute atomic E-state index is 12.1. The van der Waals surface area contributed by atoms with Gasteiger partial charge < -0.3 is 10.1 Å². The average Bonchev–Trinajstić information content (AvgIpc) is 3.08. The lowest BCUT2D eigenvalue weighted by molar-refractivity contribution is 0.0977. The number of hydrogen-bond acceptors (Lipinski definition) is 6. The molecule has 144 valence electrons. The second-order valence-corrected chi connectivity index (χ2v) is 7.88. The first-order valence-corrected chi connectivity index (χ1v) is 9.91. The van der Waals surface area contributed by atoms with Crippen molar-refractivity contribution in [3.8, 4) is 5.75 Å². The molecule has 1 heterocycles. The number of benzene rings is 2. The molecule has 0 aliphatic heterocycles. The minimum absolute atomic E-state index is 0.137. The van der Waals surface area contributed by atoms with E-state index in [9.17, 15) is 4.79 Å². The van der Waals surface area contributed by atoms with Crippen molar-refractivity contribution >= 4 is 51.3 Å². The van der Waals surface area contributed by atoms with E-state index in [2.05, 4.69) is 26.9 Å². The minimum atomic E-state index is -0.336. The van der Waals surface area contributed by atoms with Crippen molar-refractivity contribution in [2.75, 3.05) is 5.32 Å². The van der Waals surface area contributed by atoms with Gasteiger partial charge in [-0.15, -0.1) is 10.2 Å². The molecule has 0 bridgehead atoms. The standard InChI is InChI=1S/C19H17ClN4O2S2/c1-11-3-8-15(12(2)9-11)26-10-16-23-24-19(28-16)22-18(27)21-17(25)13-4-6-14(20)7-5-13/h3-9H,10H2,1-2H3,(H2,21,22,24,25,27). The summed E-state index contributed by atoms with van der Waals surface area (Å²) < 4.78 is 5.79. The summed E-state index contributed by atoms with van der Waals surface area (Å²) in [6.45, 7) is 4.33. The third-order valence-electron chi connectivity index (χ3n) is 3.70. The highest BCUT2D eigenvalue weighted by Gasteiger charge is 2.11. The number of aromatic nitrogens is 2. The molecule has 0 spiro atoms. The molecule has 0 unspecified atom stereocenters. The Kier molecular flexibility index (Phi) is 6.56. The third-order valence-corrected chi connectivity index (χ3v) is 4.97. The number of carbonyl (C=O) groups excluding carboxylic acids is 1. The van der Waals surface area contributed by atoms with E-state index in [0.717, 1.165) is 11.3 Å². The van der Waals surface area contributed by atoms with Crippen molar-refractivity contribution in [3.63, 3.8) is 0 Å². The van der Waals surface area contributed by atoms with Gasteiger partial charge in [-0.25, -0.2) is 0 Å².